The van der Waals surface area contributed by atoms with E-state index in [2.05, 4.69) is 26.8 Å². The summed E-state index contributed by atoms with van der Waals surface area (Å²) >= 11 is 3.35. The second-order valence-electron chi connectivity index (χ2n) is 4.32. The molecular formula is C14H15N3OS2. The van der Waals surface area contributed by atoms with Crippen LogP contribution >= 0.6 is 23.1 Å². The van der Waals surface area contributed by atoms with Crippen LogP contribution in [-0.2, 0) is 0 Å². The molecular weight excluding hydrogens is 290 g/mol. The monoisotopic (exact) mass is 305 g/mol. The maximum absolute atomic E-state index is 5.87. The zero-order valence-electron chi connectivity index (χ0n) is 11.0. The molecule has 0 fully saturated rings. The smallest absolute Gasteiger partial charge is 0.167 e. The van der Waals surface area contributed by atoms with E-state index in [-0.39, 0.29) is 5.25 Å². The van der Waals surface area contributed by atoms with Crippen LogP contribution in [0.3, 0.4) is 0 Å². The van der Waals surface area contributed by atoms with Gasteiger partial charge in [0.2, 0.25) is 0 Å². The normalized spacial score (nSPS) is 12.7. The third-order valence-electron chi connectivity index (χ3n) is 3.05. The number of rotatable bonds is 5. The lowest BCUT2D eigenvalue weighted by Crippen LogP contribution is -2.08. The van der Waals surface area contributed by atoms with Gasteiger partial charge in [-0.15, -0.1) is 0 Å². The minimum Gasteiger partial charge on any atom is -0.497 e. The molecule has 0 spiro atoms. The van der Waals surface area contributed by atoms with Gasteiger partial charge in [-0.3, -0.25) is 0 Å². The van der Waals surface area contributed by atoms with Crippen LogP contribution in [0.5, 0.6) is 5.75 Å². The van der Waals surface area contributed by atoms with Gasteiger partial charge in [-0.2, -0.15) is 11.3 Å². The Bertz CT molecular complexity index is 694. The van der Waals surface area contributed by atoms with Crippen LogP contribution in [0.2, 0.25) is 0 Å². The van der Waals surface area contributed by atoms with Gasteiger partial charge in [0, 0.05) is 12.6 Å². The number of imidazole rings is 1. The van der Waals surface area contributed by atoms with Gasteiger partial charge in [0.1, 0.15) is 5.75 Å². The fourth-order valence-corrected chi connectivity index (χ4v) is 3.76. The minimum atomic E-state index is 0.226. The summed E-state index contributed by atoms with van der Waals surface area (Å²) in [6, 6.07) is 7.93. The van der Waals surface area contributed by atoms with Crippen molar-refractivity contribution in [3.05, 3.63) is 40.6 Å². The highest BCUT2D eigenvalue weighted by Gasteiger charge is 2.14. The van der Waals surface area contributed by atoms with Crippen molar-refractivity contribution in [3.8, 4) is 5.75 Å². The number of fused-ring (bicyclic) bond motifs is 1. The molecule has 0 amide bonds. The summed E-state index contributed by atoms with van der Waals surface area (Å²) in [5.41, 5.74) is 9.04. The molecule has 3 rings (SSSR count). The first kappa shape index (κ1) is 13.5. The summed E-state index contributed by atoms with van der Waals surface area (Å²) < 4.78 is 5.22. The van der Waals surface area contributed by atoms with Crippen LogP contribution in [0.4, 0.5) is 0 Å². The maximum atomic E-state index is 5.87. The number of benzene rings is 1. The number of methoxy groups -OCH3 is 1. The van der Waals surface area contributed by atoms with Gasteiger partial charge in [0.15, 0.2) is 5.16 Å². The van der Waals surface area contributed by atoms with Crippen LogP contribution < -0.4 is 10.5 Å². The van der Waals surface area contributed by atoms with E-state index in [1.54, 1.807) is 30.2 Å². The number of H-pyrrole nitrogens is 1. The summed E-state index contributed by atoms with van der Waals surface area (Å²) in [6.07, 6.45) is 0. The van der Waals surface area contributed by atoms with E-state index in [1.807, 2.05) is 18.2 Å². The van der Waals surface area contributed by atoms with Crippen molar-refractivity contribution < 1.29 is 4.74 Å². The van der Waals surface area contributed by atoms with E-state index < -0.39 is 0 Å². The first-order valence-electron chi connectivity index (χ1n) is 6.22. The van der Waals surface area contributed by atoms with Crippen LogP contribution in [0.1, 0.15) is 10.8 Å². The molecule has 0 saturated carbocycles. The molecule has 0 saturated heterocycles. The predicted molar refractivity (Wildman–Crippen MR) is 84.6 cm³/mol. The van der Waals surface area contributed by atoms with E-state index in [4.69, 9.17) is 10.5 Å². The van der Waals surface area contributed by atoms with E-state index >= 15 is 0 Å². The highest BCUT2D eigenvalue weighted by molar-refractivity contribution is 7.99. The third kappa shape index (κ3) is 2.67. The molecule has 104 valence electrons. The fourth-order valence-electron chi connectivity index (χ4n) is 1.99. The molecule has 1 unspecified atom stereocenters. The lowest BCUT2D eigenvalue weighted by atomic mass is 10.2. The number of aromatic amines is 1. The summed E-state index contributed by atoms with van der Waals surface area (Å²) in [5.74, 6) is 0.825. The van der Waals surface area contributed by atoms with E-state index in [1.165, 1.54) is 5.56 Å². The van der Waals surface area contributed by atoms with Crippen molar-refractivity contribution >= 4 is 34.1 Å². The Labute approximate surface area is 125 Å². The molecule has 6 heteroatoms. The molecule has 0 aliphatic rings. The Morgan fingerprint density at radius 2 is 2.35 bits per heavy atom. The number of thiophene rings is 1. The molecule has 20 heavy (non-hydrogen) atoms. The molecule has 2 heterocycles. The van der Waals surface area contributed by atoms with Gasteiger partial charge in [0.25, 0.3) is 0 Å². The minimum absolute atomic E-state index is 0.226. The average molecular weight is 305 g/mol. The molecule has 0 aliphatic carbocycles. The number of aromatic nitrogens is 2. The van der Waals surface area contributed by atoms with Gasteiger partial charge >= 0.3 is 0 Å². The molecule has 4 nitrogen and oxygen atoms in total. The van der Waals surface area contributed by atoms with Gasteiger partial charge in [-0.05, 0) is 34.5 Å². The molecule has 2 aromatic heterocycles. The zero-order chi connectivity index (χ0) is 13.9. The highest BCUT2D eigenvalue weighted by atomic mass is 32.2. The molecule has 0 bridgehead atoms. The Morgan fingerprint density at radius 3 is 3.05 bits per heavy atom. The van der Waals surface area contributed by atoms with Gasteiger partial charge in [0.05, 0.1) is 23.4 Å². The molecule has 0 aliphatic heterocycles. The Hall–Kier alpha value is -1.50. The molecule has 3 aromatic rings. The number of nitrogens with two attached hydrogens (primary N) is 1. The van der Waals surface area contributed by atoms with E-state index in [0.717, 1.165) is 21.9 Å². The van der Waals surface area contributed by atoms with Crippen molar-refractivity contribution in [2.24, 2.45) is 5.73 Å². The van der Waals surface area contributed by atoms with Crippen molar-refractivity contribution in [2.45, 2.75) is 10.4 Å². The highest BCUT2D eigenvalue weighted by Crippen LogP contribution is 2.35. The predicted octanol–water partition coefficient (Wildman–Crippen LogP) is 3.43. The first-order chi connectivity index (χ1) is 9.80. The van der Waals surface area contributed by atoms with Crippen molar-refractivity contribution in [1.82, 2.24) is 9.97 Å². The number of nitrogens with one attached hydrogen (secondary N) is 1. The van der Waals surface area contributed by atoms with Gasteiger partial charge in [-0.1, -0.05) is 11.8 Å². The maximum Gasteiger partial charge on any atom is 0.167 e. The Balaban J connectivity index is 1.86. The lowest BCUT2D eigenvalue weighted by molar-refractivity contribution is 0.415. The van der Waals surface area contributed by atoms with Crippen LogP contribution in [0.15, 0.2) is 40.2 Å². The molecule has 1 atom stereocenters. The summed E-state index contributed by atoms with van der Waals surface area (Å²) in [6.45, 7) is 0.585. The standard InChI is InChI=1S/C14H15N3OS2/c1-18-10-2-3-11-12(6-10)17-14(16-11)20-13(7-15)9-4-5-19-8-9/h2-6,8,13H,7,15H2,1H3,(H,16,17). The van der Waals surface area contributed by atoms with Gasteiger partial charge in [-0.25, -0.2) is 4.98 Å². The van der Waals surface area contributed by atoms with Crippen LogP contribution in [-0.4, -0.2) is 23.6 Å². The third-order valence-corrected chi connectivity index (χ3v) is 4.92. The number of hydrogen-bond acceptors (Lipinski definition) is 5. The first-order valence-corrected chi connectivity index (χ1v) is 8.05. The molecule has 1 aromatic carbocycles. The SMILES string of the molecule is COc1ccc2nc(SC(CN)c3ccsc3)[nH]c2c1. The molecule has 0 radical (unpaired) electrons. The number of ether oxygens (including phenoxy) is 1. The van der Waals surface area contributed by atoms with Crippen LogP contribution in [0, 0.1) is 0 Å². The number of hydrogen-bond donors (Lipinski definition) is 2. The van der Waals surface area contributed by atoms with Crippen molar-refractivity contribution in [1.29, 1.82) is 0 Å². The average Bonchev–Trinajstić information content (AvgIpc) is 3.12. The summed E-state index contributed by atoms with van der Waals surface area (Å²) in [7, 11) is 1.66. The fraction of sp³-hybridized carbons (Fsp3) is 0.214. The second-order valence-corrected chi connectivity index (χ2v) is 6.30. The summed E-state index contributed by atoms with van der Waals surface area (Å²) in [5, 5.41) is 5.32. The topological polar surface area (TPSA) is 63.9 Å². The number of nitrogens with zero attached hydrogens (tertiary/aromatic N) is 1. The Morgan fingerprint density at radius 1 is 1.45 bits per heavy atom. The van der Waals surface area contributed by atoms with Gasteiger partial charge < -0.3 is 15.5 Å². The Kier molecular flexibility index (Phi) is 3.95. The molecule has 3 N–H and O–H groups in total. The largest absolute Gasteiger partial charge is 0.497 e. The number of thioether (sulfide) groups is 1. The lowest BCUT2D eigenvalue weighted by Gasteiger charge is -2.10. The quantitative estimate of drug-likeness (QED) is 0.709. The van der Waals surface area contributed by atoms with E-state index in [9.17, 15) is 0 Å². The van der Waals surface area contributed by atoms with Crippen molar-refractivity contribution in [2.75, 3.05) is 13.7 Å². The zero-order valence-corrected chi connectivity index (χ0v) is 12.6. The van der Waals surface area contributed by atoms with Crippen molar-refractivity contribution in [3.63, 3.8) is 0 Å². The summed E-state index contributed by atoms with van der Waals surface area (Å²) in [4.78, 5) is 7.90. The van der Waals surface area contributed by atoms with Crippen LogP contribution in [0.25, 0.3) is 11.0 Å². The van der Waals surface area contributed by atoms with E-state index in [0.29, 0.717) is 6.54 Å². The second kappa shape index (κ2) is 5.87.